The maximum atomic E-state index is 9.75. The van der Waals surface area contributed by atoms with E-state index in [1.54, 1.807) is 0 Å². The Morgan fingerprint density at radius 3 is 1.82 bits per heavy atom. The van der Waals surface area contributed by atoms with Gasteiger partial charge in [-0.15, -0.1) is 0 Å². The fraction of sp³-hybridized carbons (Fsp3) is 0.0612. The van der Waals surface area contributed by atoms with Crippen molar-refractivity contribution in [1.29, 1.82) is 0 Å². The summed E-state index contributed by atoms with van der Waals surface area (Å²) in [5.41, 5.74) is 12.2. The van der Waals surface area contributed by atoms with E-state index >= 15 is 0 Å². The number of anilines is 3. The van der Waals surface area contributed by atoms with Crippen LogP contribution in [0.15, 0.2) is 188 Å². The average Bonchev–Trinajstić information content (AvgIpc) is 3.45. The van der Waals surface area contributed by atoms with Crippen LogP contribution in [0.3, 0.4) is 0 Å². The van der Waals surface area contributed by atoms with Gasteiger partial charge in [0.2, 0.25) is 0 Å². The second kappa shape index (κ2) is 12.1. The average molecular weight is 644 g/mol. The first-order chi connectivity index (χ1) is 26.2. The lowest BCUT2D eigenvalue weighted by Gasteiger charge is -2.27. The van der Waals surface area contributed by atoms with Crippen molar-refractivity contribution in [2.45, 2.75) is 19.3 Å². The van der Waals surface area contributed by atoms with Crippen LogP contribution in [0.2, 0.25) is 0 Å². The fourth-order valence-electron chi connectivity index (χ4n) is 7.74. The number of nitrogens with zero attached hydrogens (tertiary/aromatic N) is 1. The molecule has 1 aliphatic rings. The number of benzene rings is 8. The molecule has 0 amide bonds. The Labute approximate surface area is 300 Å². The molecule has 8 aromatic rings. The van der Waals surface area contributed by atoms with Gasteiger partial charge in [0.05, 0.1) is 5.48 Å². The van der Waals surface area contributed by atoms with Gasteiger partial charge < -0.3 is 4.90 Å². The first-order valence-corrected chi connectivity index (χ1v) is 17.1. The van der Waals surface area contributed by atoms with E-state index in [0.717, 1.165) is 38.8 Å². The van der Waals surface area contributed by atoms with Crippen molar-refractivity contribution in [3.8, 4) is 44.5 Å². The van der Waals surface area contributed by atoms with Gasteiger partial charge in [0, 0.05) is 22.5 Å². The van der Waals surface area contributed by atoms with E-state index in [9.17, 15) is 2.74 Å². The lowest BCUT2D eigenvalue weighted by Crippen LogP contribution is -2.16. The quantitative estimate of drug-likeness (QED) is 0.174. The molecule has 0 aliphatic heterocycles. The molecule has 0 bridgehead atoms. The molecule has 0 atom stereocenters. The summed E-state index contributed by atoms with van der Waals surface area (Å²) in [5.74, 6) is 0. The van der Waals surface area contributed by atoms with Crippen LogP contribution in [0, 0.1) is 0 Å². The molecule has 0 fully saturated rings. The Morgan fingerprint density at radius 2 is 1.02 bits per heavy atom. The van der Waals surface area contributed by atoms with Gasteiger partial charge in [0.15, 0.2) is 0 Å². The molecular formula is C49H37N. The summed E-state index contributed by atoms with van der Waals surface area (Å²) in [7, 11) is 0. The van der Waals surface area contributed by atoms with Gasteiger partial charge in [-0.1, -0.05) is 165 Å². The first-order valence-electron chi connectivity index (χ1n) is 19.1. The predicted molar refractivity (Wildman–Crippen MR) is 213 cm³/mol. The van der Waals surface area contributed by atoms with Crippen LogP contribution in [0.4, 0.5) is 17.1 Å². The Hall–Kier alpha value is -6.18. The number of rotatable bonds is 6. The molecule has 0 saturated heterocycles. The minimum Gasteiger partial charge on any atom is -0.310 e. The van der Waals surface area contributed by atoms with Crippen LogP contribution in [0.25, 0.3) is 55.3 Å². The van der Waals surface area contributed by atoms with Crippen molar-refractivity contribution >= 4 is 27.8 Å². The summed E-state index contributed by atoms with van der Waals surface area (Å²) >= 11 is 0. The molecule has 1 aliphatic carbocycles. The largest absolute Gasteiger partial charge is 0.310 e. The number of hydrogen-bond donors (Lipinski definition) is 0. The molecule has 0 spiro atoms. The van der Waals surface area contributed by atoms with Gasteiger partial charge in [-0.3, -0.25) is 0 Å². The zero-order valence-electron chi connectivity index (χ0n) is 32.0. The highest BCUT2D eigenvalue weighted by atomic mass is 15.1. The van der Waals surface area contributed by atoms with Crippen molar-refractivity contribution in [3.05, 3.63) is 199 Å². The molecule has 0 unspecified atom stereocenters. The van der Waals surface area contributed by atoms with E-state index in [-0.39, 0.29) is 35.3 Å². The Bertz CT molecular complexity index is 2710. The molecule has 0 heterocycles. The molecule has 0 saturated carbocycles. The molecule has 0 N–H and O–H groups in total. The first kappa shape index (κ1) is 25.8. The van der Waals surface area contributed by atoms with Gasteiger partial charge in [-0.2, -0.15) is 0 Å². The molecule has 50 heavy (non-hydrogen) atoms. The molecule has 1 nitrogen and oxygen atoms in total. The minimum absolute atomic E-state index is 0.0361. The fourth-order valence-corrected chi connectivity index (χ4v) is 7.74. The Morgan fingerprint density at radius 1 is 0.440 bits per heavy atom. The van der Waals surface area contributed by atoms with E-state index in [1.807, 2.05) is 89.8 Å². The van der Waals surface area contributed by atoms with Crippen LogP contribution in [-0.2, 0) is 5.41 Å². The third-order valence-corrected chi connectivity index (χ3v) is 10.1. The second-order valence-corrected chi connectivity index (χ2v) is 13.4. The lowest BCUT2D eigenvalue weighted by molar-refractivity contribution is 0.662. The summed E-state index contributed by atoms with van der Waals surface area (Å²) in [6.45, 7) is 4.59. The highest BCUT2D eigenvalue weighted by Gasteiger charge is 2.37. The van der Waals surface area contributed by atoms with Crippen molar-refractivity contribution in [3.63, 3.8) is 0 Å². The van der Waals surface area contributed by atoms with Crippen molar-refractivity contribution in [2.75, 3.05) is 4.90 Å². The van der Waals surface area contributed by atoms with Crippen molar-refractivity contribution in [2.24, 2.45) is 0 Å². The van der Waals surface area contributed by atoms with Crippen molar-refractivity contribution in [1.82, 2.24) is 0 Å². The smallest absolute Gasteiger partial charge is 0.0651 e. The lowest BCUT2D eigenvalue weighted by atomic mass is 9.79. The maximum Gasteiger partial charge on any atom is 0.0651 e. The Balaban J connectivity index is 1.23. The number of fused-ring (bicyclic) bond motifs is 4. The molecule has 0 radical (unpaired) electrons. The summed E-state index contributed by atoms with van der Waals surface area (Å²) in [6.07, 6.45) is 0. The standard InChI is InChI=1S/C49H37N/c1-49(2)47-24-9-8-20-45(47)46-23-12-22-44(48(46)49)37-27-31-40(32-28-37)50(39-29-25-35(26-30-39)34-13-4-3-5-14-34)41-18-10-17-38(33-41)43-21-11-16-36-15-6-7-19-42(36)43/h3-33H,1-2H3/i10D,17D,18D,33D. The normalized spacial score (nSPS) is 13.9. The molecule has 9 rings (SSSR count). The third-order valence-electron chi connectivity index (χ3n) is 10.1. The van der Waals surface area contributed by atoms with Crippen LogP contribution >= 0.6 is 0 Å². The van der Waals surface area contributed by atoms with Gasteiger partial charge in [-0.05, 0) is 103 Å². The zero-order chi connectivity index (χ0) is 37.1. The molecule has 1 heteroatoms. The summed E-state index contributed by atoms with van der Waals surface area (Å²) < 4.78 is 37.2. The molecular weight excluding hydrogens is 603 g/mol. The monoisotopic (exact) mass is 643 g/mol. The SMILES string of the molecule is [2H]c1c([2H])c(-c2cccc3ccccc23)c([2H])c(N(c2ccc(-c3ccccc3)cc2)c2ccc(-c3cccc4c3C(C)(C)c3ccccc3-4)cc2)c1[2H]. The highest BCUT2D eigenvalue weighted by Crippen LogP contribution is 2.52. The second-order valence-electron chi connectivity index (χ2n) is 13.4. The van der Waals surface area contributed by atoms with E-state index in [4.69, 9.17) is 2.74 Å². The van der Waals surface area contributed by atoms with E-state index in [0.29, 0.717) is 11.1 Å². The predicted octanol–water partition coefficient (Wildman–Crippen LogP) is 13.6. The van der Waals surface area contributed by atoms with E-state index in [2.05, 4.69) is 92.7 Å². The maximum absolute atomic E-state index is 9.75. The summed E-state index contributed by atoms with van der Waals surface area (Å²) in [4.78, 5) is 1.91. The third kappa shape index (κ3) is 5.02. The van der Waals surface area contributed by atoms with Crippen LogP contribution in [-0.4, -0.2) is 0 Å². The van der Waals surface area contributed by atoms with Crippen LogP contribution in [0.1, 0.15) is 30.5 Å². The summed E-state index contributed by atoms with van der Waals surface area (Å²) in [6, 6.07) is 55.1. The van der Waals surface area contributed by atoms with Crippen molar-refractivity contribution < 1.29 is 5.48 Å². The topological polar surface area (TPSA) is 3.24 Å². The van der Waals surface area contributed by atoms with E-state index in [1.165, 1.54) is 27.8 Å². The number of hydrogen-bond acceptors (Lipinski definition) is 1. The van der Waals surface area contributed by atoms with Gasteiger partial charge >= 0.3 is 0 Å². The Kier molecular flexibility index (Phi) is 6.22. The zero-order valence-corrected chi connectivity index (χ0v) is 28.0. The molecule has 8 aromatic carbocycles. The summed E-state index contributed by atoms with van der Waals surface area (Å²) in [5, 5.41) is 1.88. The van der Waals surface area contributed by atoms with Crippen LogP contribution in [0.5, 0.6) is 0 Å². The highest BCUT2D eigenvalue weighted by molar-refractivity contribution is 5.97. The van der Waals surface area contributed by atoms with Gasteiger partial charge in [0.25, 0.3) is 0 Å². The van der Waals surface area contributed by atoms with Gasteiger partial charge in [-0.25, -0.2) is 0 Å². The molecule has 238 valence electrons. The molecule has 0 aromatic heterocycles. The minimum atomic E-state index is -0.215. The van der Waals surface area contributed by atoms with Gasteiger partial charge in [0.1, 0.15) is 0 Å². The van der Waals surface area contributed by atoms with Crippen LogP contribution < -0.4 is 4.90 Å². The van der Waals surface area contributed by atoms with E-state index < -0.39 is 0 Å².